The van der Waals surface area contributed by atoms with Crippen molar-refractivity contribution in [2.75, 3.05) is 24.2 Å². The molecule has 0 spiro atoms. The van der Waals surface area contributed by atoms with E-state index in [2.05, 4.69) is 28.9 Å². The van der Waals surface area contributed by atoms with Crippen LogP contribution in [0.3, 0.4) is 0 Å². The lowest BCUT2D eigenvalue weighted by Crippen LogP contribution is -2.44. The highest BCUT2D eigenvalue weighted by atomic mass is 32.2. The number of carbonyl (C=O) groups excluding carboxylic acids is 1. The average molecular weight is 414 g/mol. The van der Waals surface area contributed by atoms with Crippen LogP contribution in [0.1, 0.15) is 26.7 Å². The fraction of sp³-hybridized carbons (Fsp3) is 0.409. The van der Waals surface area contributed by atoms with E-state index in [0.29, 0.717) is 19.4 Å². The standard InChI is InChI=1S/C22H27N3O3S/c1-3-25-20-10-6-5-9-18(20)19-14-17(11-12-21(19)25)23-22(26)16-8-7-13-24(15-16)29(27,28)4-2/h5-6,9-12,14,16H,3-4,7-8,13,15H2,1-2H3,(H,23,26)/t16-/m1/s1. The van der Waals surface area contributed by atoms with Crippen molar-refractivity contribution in [3.05, 3.63) is 42.5 Å². The molecule has 1 N–H and O–H groups in total. The molecule has 4 rings (SSSR count). The Hall–Kier alpha value is -2.38. The maximum atomic E-state index is 12.9. The zero-order valence-electron chi connectivity index (χ0n) is 16.9. The summed E-state index contributed by atoms with van der Waals surface area (Å²) in [4.78, 5) is 12.9. The number of fused-ring (bicyclic) bond motifs is 3. The number of benzene rings is 2. The maximum Gasteiger partial charge on any atom is 0.228 e. The number of sulfonamides is 1. The number of piperidine rings is 1. The molecule has 2 aromatic carbocycles. The summed E-state index contributed by atoms with van der Waals surface area (Å²) in [7, 11) is -3.26. The highest BCUT2D eigenvalue weighted by Gasteiger charge is 2.31. The summed E-state index contributed by atoms with van der Waals surface area (Å²) in [6.45, 7) is 5.41. The van der Waals surface area contributed by atoms with Crippen molar-refractivity contribution >= 4 is 43.4 Å². The van der Waals surface area contributed by atoms with Gasteiger partial charge in [-0.1, -0.05) is 18.2 Å². The van der Waals surface area contributed by atoms with E-state index in [4.69, 9.17) is 0 Å². The van der Waals surface area contributed by atoms with E-state index in [1.54, 1.807) is 6.92 Å². The molecular formula is C22H27N3O3S. The van der Waals surface area contributed by atoms with Crippen LogP contribution in [0.15, 0.2) is 42.5 Å². The second-order valence-corrected chi connectivity index (χ2v) is 9.84. The van der Waals surface area contributed by atoms with E-state index in [0.717, 1.165) is 23.1 Å². The second-order valence-electron chi connectivity index (χ2n) is 7.58. The van der Waals surface area contributed by atoms with Gasteiger partial charge in [-0.25, -0.2) is 12.7 Å². The number of aromatic nitrogens is 1. The molecule has 1 amide bonds. The number of hydrogen-bond donors (Lipinski definition) is 1. The molecule has 1 aliphatic rings. The Morgan fingerprint density at radius 2 is 1.86 bits per heavy atom. The molecule has 29 heavy (non-hydrogen) atoms. The first kappa shape index (κ1) is 19.9. The van der Waals surface area contributed by atoms with Crippen molar-refractivity contribution < 1.29 is 13.2 Å². The summed E-state index contributed by atoms with van der Waals surface area (Å²) in [6.07, 6.45) is 1.42. The minimum Gasteiger partial charge on any atom is -0.341 e. The van der Waals surface area contributed by atoms with Gasteiger partial charge in [-0.3, -0.25) is 4.79 Å². The number of anilines is 1. The van der Waals surface area contributed by atoms with Gasteiger partial charge in [0.2, 0.25) is 15.9 Å². The number of nitrogens with one attached hydrogen (secondary N) is 1. The number of aryl methyl sites for hydroxylation is 1. The molecule has 0 unspecified atom stereocenters. The number of amides is 1. The zero-order valence-corrected chi connectivity index (χ0v) is 17.7. The topological polar surface area (TPSA) is 71.4 Å². The third kappa shape index (κ3) is 3.65. The first-order valence-corrected chi connectivity index (χ1v) is 11.8. The third-order valence-corrected chi connectivity index (χ3v) is 7.72. The van der Waals surface area contributed by atoms with Gasteiger partial charge in [0, 0.05) is 47.1 Å². The molecule has 1 atom stereocenters. The summed E-state index contributed by atoms with van der Waals surface area (Å²) in [6, 6.07) is 14.3. The van der Waals surface area contributed by atoms with Crippen molar-refractivity contribution in [2.45, 2.75) is 33.2 Å². The Kier molecular flexibility index (Phi) is 5.36. The number of hydrogen-bond acceptors (Lipinski definition) is 3. The minimum atomic E-state index is -3.26. The van der Waals surface area contributed by atoms with Gasteiger partial charge in [-0.05, 0) is 51.0 Å². The lowest BCUT2D eigenvalue weighted by atomic mass is 9.98. The number of para-hydroxylation sites is 1. The number of rotatable bonds is 5. The molecule has 0 radical (unpaired) electrons. The van der Waals surface area contributed by atoms with Gasteiger partial charge in [0.25, 0.3) is 0 Å². The van der Waals surface area contributed by atoms with E-state index in [1.165, 1.54) is 15.2 Å². The van der Waals surface area contributed by atoms with Crippen LogP contribution in [0.5, 0.6) is 0 Å². The normalized spacial score (nSPS) is 18.3. The van der Waals surface area contributed by atoms with Gasteiger partial charge in [0.15, 0.2) is 0 Å². The largest absolute Gasteiger partial charge is 0.341 e. The molecular weight excluding hydrogens is 386 g/mol. The Balaban J connectivity index is 1.59. The molecule has 6 nitrogen and oxygen atoms in total. The molecule has 1 aliphatic heterocycles. The molecule has 154 valence electrons. The molecule has 1 fully saturated rings. The SMILES string of the molecule is CCn1c2ccccc2c2cc(NC(=O)[C@@H]3CCCN(S(=O)(=O)CC)C3)ccc21. The van der Waals surface area contributed by atoms with Crippen molar-refractivity contribution in [2.24, 2.45) is 5.92 Å². The lowest BCUT2D eigenvalue weighted by Gasteiger charge is -2.30. The maximum absolute atomic E-state index is 12.9. The fourth-order valence-corrected chi connectivity index (χ4v) is 5.49. The second kappa shape index (κ2) is 7.80. The third-order valence-electron chi connectivity index (χ3n) is 5.87. The Morgan fingerprint density at radius 3 is 2.62 bits per heavy atom. The van der Waals surface area contributed by atoms with Gasteiger partial charge in [0.1, 0.15) is 0 Å². The van der Waals surface area contributed by atoms with E-state index in [1.807, 2.05) is 30.3 Å². The fourth-order valence-electron chi connectivity index (χ4n) is 4.31. The molecule has 2 heterocycles. The first-order chi connectivity index (χ1) is 13.9. The van der Waals surface area contributed by atoms with Crippen molar-refractivity contribution in [3.63, 3.8) is 0 Å². The van der Waals surface area contributed by atoms with Crippen LogP contribution in [0.4, 0.5) is 5.69 Å². The van der Waals surface area contributed by atoms with Crippen LogP contribution < -0.4 is 5.32 Å². The summed E-state index contributed by atoms with van der Waals surface area (Å²) in [5.41, 5.74) is 3.07. The van der Waals surface area contributed by atoms with Crippen molar-refractivity contribution in [3.8, 4) is 0 Å². The van der Waals surface area contributed by atoms with E-state index in [-0.39, 0.29) is 24.1 Å². The smallest absolute Gasteiger partial charge is 0.228 e. The highest BCUT2D eigenvalue weighted by molar-refractivity contribution is 7.89. The molecule has 1 aromatic heterocycles. The summed E-state index contributed by atoms with van der Waals surface area (Å²) in [5.74, 6) is -0.364. The van der Waals surface area contributed by atoms with E-state index in [9.17, 15) is 13.2 Å². The molecule has 0 aliphatic carbocycles. The highest BCUT2D eigenvalue weighted by Crippen LogP contribution is 2.31. The van der Waals surface area contributed by atoms with Crippen molar-refractivity contribution in [1.29, 1.82) is 0 Å². The molecule has 3 aromatic rings. The molecule has 7 heteroatoms. The monoisotopic (exact) mass is 413 g/mol. The predicted molar refractivity (Wildman–Crippen MR) is 118 cm³/mol. The molecule has 0 bridgehead atoms. The van der Waals surface area contributed by atoms with E-state index >= 15 is 0 Å². The summed E-state index contributed by atoms with van der Waals surface area (Å²) >= 11 is 0. The average Bonchev–Trinajstić information content (AvgIpc) is 3.07. The Bertz CT molecular complexity index is 1170. The van der Waals surface area contributed by atoms with Gasteiger partial charge >= 0.3 is 0 Å². The van der Waals surface area contributed by atoms with Gasteiger partial charge < -0.3 is 9.88 Å². The lowest BCUT2D eigenvalue weighted by molar-refractivity contribution is -0.120. The molecule has 0 saturated carbocycles. The van der Waals surface area contributed by atoms with Crippen LogP contribution in [0.2, 0.25) is 0 Å². The van der Waals surface area contributed by atoms with Gasteiger partial charge in [-0.15, -0.1) is 0 Å². The van der Waals surface area contributed by atoms with Gasteiger partial charge in [0.05, 0.1) is 11.7 Å². The summed E-state index contributed by atoms with van der Waals surface area (Å²) in [5, 5.41) is 5.29. The summed E-state index contributed by atoms with van der Waals surface area (Å²) < 4.78 is 28.1. The Morgan fingerprint density at radius 1 is 1.10 bits per heavy atom. The van der Waals surface area contributed by atoms with Crippen LogP contribution in [0, 0.1) is 5.92 Å². The first-order valence-electron chi connectivity index (χ1n) is 10.2. The van der Waals surface area contributed by atoms with E-state index < -0.39 is 10.0 Å². The Labute approximate surface area is 171 Å². The predicted octanol–water partition coefficient (Wildman–Crippen LogP) is 3.81. The van der Waals surface area contributed by atoms with Crippen LogP contribution in [0.25, 0.3) is 21.8 Å². The van der Waals surface area contributed by atoms with Crippen LogP contribution in [-0.2, 0) is 21.4 Å². The molecule has 1 saturated heterocycles. The zero-order chi connectivity index (χ0) is 20.6. The quantitative estimate of drug-likeness (QED) is 0.691. The van der Waals surface area contributed by atoms with Crippen LogP contribution >= 0.6 is 0 Å². The number of nitrogens with zero attached hydrogens (tertiary/aromatic N) is 2. The minimum absolute atomic E-state index is 0.0689. The number of carbonyl (C=O) groups is 1. The van der Waals surface area contributed by atoms with Gasteiger partial charge in [-0.2, -0.15) is 0 Å². The van der Waals surface area contributed by atoms with Crippen molar-refractivity contribution in [1.82, 2.24) is 8.87 Å². The van der Waals surface area contributed by atoms with Crippen LogP contribution in [-0.4, -0.2) is 42.0 Å².